The van der Waals surface area contributed by atoms with Crippen molar-refractivity contribution in [3.05, 3.63) is 184 Å². The number of ether oxygens (including phenoxy) is 8. The number of nitrogen functional groups attached to an aromatic ring is 1. The average Bonchev–Trinajstić information content (AvgIpc) is 1.45. The minimum atomic E-state index is -2.36. The number of alkyl halides is 1. The number of carbonyl (C=O) groups is 6. The van der Waals surface area contributed by atoms with E-state index < -0.39 is 46.0 Å². The van der Waals surface area contributed by atoms with Crippen molar-refractivity contribution in [2.75, 3.05) is 130 Å². The molecule has 3 heterocycles. The van der Waals surface area contributed by atoms with E-state index in [2.05, 4.69) is 116 Å². The predicted octanol–water partition coefficient (Wildman–Crippen LogP) is 7.97. The lowest BCUT2D eigenvalue weighted by molar-refractivity contribution is -0.139. The molecule has 2 unspecified atom stereocenters. The van der Waals surface area contributed by atoms with E-state index in [1.54, 1.807) is 42.8 Å². The number of hydrogen-bond acceptors (Lipinski definition) is 24. The van der Waals surface area contributed by atoms with Gasteiger partial charge in [0.2, 0.25) is 35.2 Å². The van der Waals surface area contributed by atoms with Gasteiger partial charge in [-0.3, -0.25) is 24.0 Å². The molecule has 0 bridgehead atoms. The summed E-state index contributed by atoms with van der Waals surface area (Å²) in [5, 5.41) is 45.3. The number of thioether (sulfide) groups is 1. The fourth-order valence-corrected chi connectivity index (χ4v) is 14.0. The van der Waals surface area contributed by atoms with Crippen molar-refractivity contribution in [1.29, 1.82) is 0 Å². The van der Waals surface area contributed by atoms with E-state index in [-0.39, 0.29) is 132 Å². The second kappa shape index (κ2) is 47.1. The summed E-state index contributed by atoms with van der Waals surface area (Å²) in [5.74, 6) is 4.72. The SMILES string of the molecule is COc1ccc(C(SCCC(=O)NCCCOCCOCCOCCCn2nnc3c2CCCCCC3(F)C(=O)NCCOCCOCCOCCNC(=O)CCC(NC(=O)c2ccc(NCc3cnc4nc(N)nc(O)c4n3)cc2)C(=O)O)(c2ccc(OC)cc2)c2ccc(C)c(C#CCCC(=O)NCc3ccccc3)c2)cc1. The molecule has 32 heteroatoms. The van der Waals surface area contributed by atoms with Crippen LogP contribution in [0.1, 0.15) is 131 Å². The summed E-state index contributed by atoms with van der Waals surface area (Å²) in [6.45, 7) is 7.30. The number of halogens is 1. The smallest absolute Gasteiger partial charge is 0.326 e. The van der Waals surface area contributed by atoms with Crippen LogP contribution in [-0.4, -0.2) is 206 Å². The van der Waals surface area contributed by atoms with Crippen LogP contribution >= 0.6 is 11.8 Å². The highest BCUT2D eigenvalue weighted by Gasteiger charge is 2.46. The number of carboxylic acids is 1. The highest BCUT2D eigenvalue weighted by molar-refractivity contribution is 8.00. The first-order chi connectivity index (χ1) is 56.0. The van der Waals surface area contributed by atoms with E-state index in [1.807, 2.05) is 61.5 Å². The molecule has 8 aromatic rings. The number of hydrogen-bond donors (Lipinski definition) is 9. The molecule has 30 nitrogen and oxygen atoms in total. The predicted molar refractivity (Wildman–Crippen MR) is 430 cm³/mol. The molecule has 0 aliphatic heterocycles. The molecule has 10 N–H and O–H groups in total. The van der Waals surface area contributed by atoms with Crippen LogP contribution in [0.5, 0.6) is 17.4 Å². The number of nitrogens with two attached hydrogens (primary N) is 1. The third kappa shape index (κ3) is 27.7. The van der Waals surface area contributed by atoms with Gasteiger partial charge < -0.3 is 85.7 Å². The Kier molecular flexibility index (Phi) is 36.0. The average molecular weight is 1600 g/mol. The van der Waals surface area contributed by atoms with Crippen molar-refractivity contribution in [1.82, 2.24) is 61.5 Å². The Morgan fingerprint density at radius 1 is 0.661 bits per heavy atom. The summed E-state index contributed by atoms with van der Waals surface area (Å²) in [7, 11) is 3.27. The zero-order valence-corrected chi connectivity index (χ0v) is 66.0. The minimum absolute atomic E-state index is 0.0236. The second-order valence-electron chi connectivity index (χ2n) is 26.9. The van der Waals surface area contributed by atoms with E-state index >= 15 is 4.39 Å². The van der Waals surface area contributed by atoms with Crippen LogP contribution in [0.2, 0.25) is 0 Å². The van der Waals surface area contributed by atoms with Crippen LogP contribution in [0.3, 0.4) is 0 Å². The summed E-state index contributed by atoms with van der Waals surface area (Å²) in [4.78, 5) is 93.1. The first kappa shape index (κ1) is 88.0. The van der Waals surface area contributed by atoms with Crippen LogP contribution in [0.15, 0.2) is 128 Å². The lowest BCUT2D eigenvalue weighted by atomic mass is 9.82. The number of aryl methyl sites for hydroxylation is 2. The maximum absolute atomic E-state index is 16.8. The Morgan fingerprint density at radius 2 is 1.27 bits per heavy atom. The number of nitrogens with one attached hydrogen (secondary N) is 6. The van der Waals surface area contributed by atoms with Crippen LogP contribution in [0.4, 0.5) is 16.0 Å². The molecular weight excluding hydrogens is 1500 g/mol. The Balaban J connectivity index is 0.584. The highest BCUT2D eigenvalue weighted by atomic mass is 32.2. The number of carboxylic acid groups (broad SMARTS) is 1. The number of rotatable bonds is 49. The Bertz CT molecular complexity index is 4440. The van der Waals surface area contributed by atoms with Gasteiger partial charge in [-0.15, -0.1) is 16.9 Å². The van der Waals surface area contributed by atoms with Gasteiger partial charge in [-0.05, 0) is 134 Å². The molecule has 2 atom stereocenters. The molecule has 1 aliphatic carbocycles. The van der Waals surface area contributed by atoms with Crippen molar-refractivity contribution >= 4 is 70.1 Å². The zero-order chi connectivity index (χ0) is 81.5. The molecule has 115 heavy (non-hydrogen) atoms. The molecule has 0 saturated heterocycles. The number of aromatic nitrogens is 7. The summed E-state index contributed by atoms with van der Waals surface area (Å²) in [6, 6.07) is 37.1. The summed E-state index contributed by atoms with van der Waals surface area (Å²) in [5.41, 5.74) is 11.2. The number of aromatic hydroxyl groups is 1. The standard InChI is InChI=1S/C83H103FN14O16S/c1-58-19-22-64(54-61(58)16-9-10-18-71(99)90-55-59-14-6-4-7-15-59)83(62-23-29-67(107-2)30-24-62,63-25-31-68(108-3)32-26-63)115-53-35-73(101)86-37-12-41-109-45-49-113-50-46-110-42-13-40-98-70-17-8-5-11-36-82(84,75(70)96-97-98)80(106)88-39-44-112-48-52-114-51-47-111-43-38-87-72(100)34-33-69(79(104)105)93-77(102)60-20-27-65(28-21-60)89-56-66-57-91-76-74(92-66)78(103)95-81(85)94-76/h4,6-7,14-15,19-32,54,57,69,89H,5,8,10-13,17-18,33-53,55-56H2,1-3H3,(H,86,101)(H,87,100)(H,88,106)(H,90,99)(H,93,102)(H,104,105)(H3,85,91,94,95,103). The van der Waals surface area contributed by atoms with Gasteiger partial charge in [0.15, 0.2) is 11.2 Å². The molecule has 614 valence electrons. The fraction of sp³-hybridized carbons (Fsp3) is 0.446. The third-order valence-corrected chi connectivity index (χ3v) is 20.2. The first-order valence-corrected chi connectivity index (χ1v) is 39.5. The van der Waals surface area contributed by atoms with Crippen molar-refractivity contribution < 1.29 is 81.3 Å². The number of amides is 5. The van der Waals surface area contributed by atoms with Gasteiger partial charge in [-0.1, -0.05) is 90.2 Å². The largest absolute Gasteiger partial charge is 0.497 e. The lowest BCUT2D eigenvalue weighted by Crippen LogP contribution is -2.44. The molecular formula is C83H103FN14O16S. The van der Waals surface area contributed by atoms with Gasteiger partial charge in [0.1, 0.15) is 23.2 Å². The number of anilines is 2. The number of methoxy groups -OCH3 is 2. The Hall–Kier alpha value is -10.9. The van der Waals surface area contributed by atoms with E-state index in [9.17, 15) is 39.0 Å². The minimum Gasteiger partial charge on any atom is -0.497 e. The molecule has 0 radical (unpaired) electrons. The van der Waals surface area contributed by atoms with Crippen molar-refractivity contribution in [3.8, 4) is 29.2 Å². The van der Waals surface area contributed by atoms with Gasteiger partial charge in [-0.25, -0.2) is 23.8 Å². The molecule has 5 amide bonds. The monoisotopic (exact) mass is 1600 g/mol. The van der Waals surface area contributed by atoms with Crippen molar-refractivity contribution in [2.24, 2.45) is 0 Å². The summed E-state index contributed by atoms with van der Waals surface area (Å²) in [6.07, 6.45) is 5.87. The maximum Gasteiger partial charge on any atom is 0.326 e. The quantitative estimate of drug-likeness (QED) is 0.00991. The van der Waals surface area contributed by atoms with Gasteiger partial charge in [0.05, 0.1) is 109 Å². The molecule has 1 aliphatic rings. The van der Waals surface area contributed by atoms with Gasteiger partial charge in [0, 0.05) is 94.2 Å². The van der Waals surface area contributed by atoms with Crippen molar-refractivity contribution in [2.45, 2.75) is 120 Å². The van der Waals surface area contributed by atoms with Gasteiger partial charge in [0.25, 0.3) is 11.8 Å². The number of aliphatic carboxylic acids is 1. The zero-order valence-electron chi connectivity index (χ0n) is 65.2. The molecule has 5 aromatic carbocycles. The maximum atomic E-state index is 16.8. The number of carbonyl (C=O) groups excluding carboxylic acids is 5. The Labute approximate surface area is 672 Å². The number of nitrogens with zero attached hydrogens (tertiary/aromatic N) is 7. The molecule has 0 saturated carbocycles. The summed E-state index contributed by atoms with van der Waals surface area (Å²) >= 11 is 1.67. The third-order valence-electron chi connectivity index (χ3n) is 18.7. The fourth-order valence-electron chi connectivity index (χ4n) is 12.5. The lowest BCUT2D eigenvalue weighted by Gasteiger charge is -2.36. The van der Waals surface area contributed by atoms with Crippen LogP contribution in [0, 0.1) is 18.8 Å². The van der Waals surface area contributed by atoms with E-state index in [4.69, 9.17) is 43.6 Å². The van der Waals surface area contributed by atoms with E-state index in [0.29, 0.717) is 114 Å². The topological polar surface area (TPSA) is 397 Å². The summed E-state index contributed by atoms with van der Waals surface area (Å²) < 4.78 is 63.0. The number of fused-ring (bicyclic) bond motifs is 2. The van der Waals surface area contributed by atoms with E-state index in [1.165, 1.54) is 18.3 Å². The highest BCUT2D eigenvalue weighted by Crippen LogP contribution is 2.50. The molecule has 3 aromatic heterocycles. The normalized spacial score (nSPS) is 13.6. The molecule has 0 fully saturated rings. The van der Waals surface area contributed by atoms with E-state index in [0.717, 1.165) is 57.7 Å². The van der Waals surface area contributed by atoms with Crippen LogP contribution in [0.25, 0.3) is 11.2 Å². The first-order valence-electron chi connectivity index (χ1n) is 38.6. The molecule has 9 rings (SSSR count). The molecule has 0 spiro atoms. The Morgan fingerprint density at radius 3 is 1.93 bits per heavy atom. The second-order valence-corrected chi connectivity index (χ2v) is 28.2. The van der Waals surface area contributed by atoms with Crippen LogP contribution in [-0.2, 0) is 88.9 Å². The van der Waals surface area contributed by atoms with Crippen LogP contribution < -0.4 is 47.1 Å². The van der Waals surface area contributed by atoms with Gasteiger partial charge in [-0.2, -0.15) is 9.97 Å². The van der Waals surface area contributed by atoms with Crippen molar-refractivity contribution in [3.63, 3.8) is 0 Å². The number of benzene rings is 5. The van der Waals surface area contributed by atoms with Gasteiger partial charge >= 0.3 is 5.97 Å².